The molecule has 0 spiro atoms. The number of halogens is 2. The Balaban J connectivity index is 1.66. The molecule has 0 fully saturated rings. The zero-order valence-electron chi connectivity index (χ0n) is 18.1. The first-order chi connectivity index (χ1) is 16.5. The number of ketones is 2. The lowest BCUT2D eigenvalue weighted by atomic mass is 9.99. The number of hydrogen-bond donors (Lipinski definition) is 0. The van der Waals surface area contributed by atoms with Gasteiger partial charge in [-0.05, 0) is 84.9 Å². The largest absolute Gasteiger partial charge is 0.337 e. The number of allylic oxidation sites excluding steroid dienone is 1. The van der Waals surface area contributed by atoms with Crippen LogP contribution in [0.1, 0.15) is 31.8 Å². The van der Waals surface area contributed by atoms with Crippen LogP contribution >= 0.6 is 23.2 Å². The Morgan fingerprint density at radius 3 is 1.41 bits per heavy atom. The fourth-order valence-electron chi connectivity index (χ4n) is 4.25. The summed E-state index contributed by atoms with van der Waals surface area (Å²) in [7, 11) is 0. The van der Waals surface area contributed by atoms with Crippen molar-refractivity contribution in [2.45, 2.75) is 6.54 Å². The summed E-state index contributed by atoms with van der Waals surface area (Å²) in [4.78, 5) is 26.3. The lowest BCUT2D eigenvalue weighted by molar-refractivity contribution is 0.103. The molecule has 5 rings (SSSR count). The van der Waals surface area contributed by atoms with Crippen LogP contribution in [0.5, 0.6) is 0 Å². The van der Waals surface area contributed by atoms with Gasteiger partial charge in [0.1, 0.15) is 0 Å². The summed E-state index contributed by atoms with van der Waals surface area (Å²) in [6.07, 6.45) is 1.83. The second kappa shape index (κ2) is 8.94. The normalized spacial score (nSPS) is 11.1. The van der Waals surface area contributed by atoms with E-state index >= 15 is 0 Å². The minimum Gasteiger partial charge on any atom is -0.337 e. The Bertz CT molecular complexity index is 1460. The van der Waals surface area contributed by atoms with E-state index < -0.39 is 0 Å². The first-order valence-corrected chi connectivity index (χ1v) is 11.5. The quantitative estimate of drug-likeness (QED) is 0.183. The van der Waals surface area contributed by atoms with E-state index in [0.717, 1.165) is 21.8 Å². The van der Waals surface area contributed by atoms with Crippen molar-refractivity contribution in [3.8, 4) is 0 Å². The van der Waals surface area contributed by atoms with Gasteiger partial charge in [0, 0.05) is 60.6 Å². The van der Waals surface area contributed by atoms with E-state index in [1.807, 2.05) is 42.5 Å². The van der Waals surface area contributed by atoms with Gasteiger partial charge in [0.05, 0.1) is 0 Å². The van der Waals surface area contributed by atoms with Crippen molar-refractivity contribution in [3.05, 3.63) is 130 Å². The van der Waals surface area contributed by atoms with Gasteiger partial charge in [-0.25, -0.2) is 0 Å². The minimum atomic E-state index is -0.0865. The van der Waals surface area contributed by atoms with Crippen LogP contribution in [0.25, 0.3) is 21.8 Å². The molecule has 5 aromatic rings. The summed E-state index contributed by atoms with van der Waals surface area (Å²) in [5, 5.41) is 2.97. The van der Waals surface area contributed by atoms with Crippen molar-refractivity contribution in [1.29, 1.82) is 0 Å². The second-order valence-electron chi connectivity index (χ2n) is 8.04. The van der Waals surface area contributed by atoms with Crippen molar-refractivity contribution in [2.24, 2.45) is 0 Å². The van der Waals surface area contributed by atoms with Crippen LogP contribution in [0.4, 0.5) is 0 Å². The number of benzene rings is 4. The summed E-state index contributed by atoms with van der Waals surface area (Å²) >= 11 is 11.9. The molecule has 0 saturated heterocycles. The number of carbonyl (C=O) groups excluding carboxylic acids is 2. The maximum Gasteiger partial charge on any atom is 0.193 e. The molecule has 166 valence electrons. The Morgan fingerprint density at radius 1 is 0.647 bits per heavy atom. The topological polar surface area (TPSA) is 39.1 Å². The molecule has 0 aliphatic carbocycles. The Hall–Kier alpha value is -3.66. The first-order valence-electron chi connectivity index (χ1n) is 10.7. The minimum absolute atomic E-state index is 0.0865. The van der Waals surface area contributed by atoms with Gasteiger partial charge in [-0.1, -0.05) is 29.3 Å². The SMILES string of the molecule is C=CCn1c2ccc(C(=O)c3ccc(Cl)cc3)cc2c2cc(C(=O)c3ccc(Cl)cc3)ccc21. The molecule has 0 unspecified atom stereocenters. The van der Waals surface area contributed by atoms with Crippen LogP contribution in [-0.4, -0.2) is 16.1 Å². The first kappa shape index (κ1) is 22.1. The zero-order valence-corrected chi connectivity index (χ0v) is 19.6. The molecule has 0 radical (unpaired) electrons. The summed E-state index contributed by atoms with van der Waals surface area (Å²) in [5.74, 6) is -0.173. The number of hydrogen-bond acceptors (Lipinski definition) is 2. The highest BCUT2D eigenvalue weighted by Gasteiger charge is 2.17. The molecular formula is C29H19Cl2NO2. The molecule has 0 aliphatic rings. The number of rotatable bonds is 6. The standard InChI is InChI=1S/C29H19Cl2NO2/c1-2-15-32-26-13-7-20(28(33)18-3-9-22(30)10-4-18)16-24(26)25-17-21(8-14-27(25)32)29(34)19-5-11-23(31)12-6-19/h2-14,16-17H,1,15H2. The average molecular weight is 484 g/mol. The fraction of sp³-hybridized carbons (Fsp3) is 0.0345. The lowest BCUT2D eigenvalue weighted by Gasteiger charge is -2.05. The van der Waals surface area contributed by atoms with Crippen molar-refractivity contribution in [3.63, 3.8) is 0 Å². The maximum absolute atomic E-state index is 13.1. The number of carbonyl (C=O) groups is 2. The van der Waals surface area contributed by atoms with Gasteiger partial charge in [0.15, 0.2) is 11.6 Å². The Labute approximate surface area is 206 Å². The highest BCUT2D eigenvalue weighted by molar-refractivity contribution is 6.31. The highest BCUT2D eigenvalue weighted by Crippen LogP contribution is 2.32. The molecule has 1 aromatic heterocycles. The van der Waals surface area contributed by atoms with Crippen molar-refractivity contribution >= 4 is 56.6 Å². The van der Waals surface area contributed by atoms with E-state index in [1.54, 1.807) is 48.5 Å². The molecule has 0 N–H and O–H groups in total. The zero-order chi connectivity index (χ0) is 23.8. The number of aromatic nitrogens is 1. The maximum atomic E-state index is 13.1. The number of nitrogens with zero attached hydrogens (tertiary/aromatic N) is 1. The summed E-state index contributed by atoms with van der Waals surface area (Å²) in [6, 6.07) is 25.1. The third kappa shape index (κ3) is 3.94. The third-order valence-electron chi connectivity index (χ3n) is 5.91. The van der Waals surface area contributed by atoms with Gasteiger partial charge >= 0.3 is 0 Å². The third-order valence-corrected chi connectivity index (χ3v) is 6.42. The summed E-state index contributed by atoms with van der Waals surface area (Å²) in [5.41, 5.74) is 4.22. The Kier molecular flexibility index (Phi) is 5.82. The fourth-order valence-corrected chi connectivity index (χ4v) is 4.50. The van der Waals surface area contributed by atoms with E-state index in [1.165, 1.54) is 0 Å². The number of fused-ring (bicyclic) bond motifs is 3. The Morgan fingerprint density at radius 2 is 1.03 bits per heavy atom. The second-order valence-corrected chi connectivity index (χ2v) is 8.91. The van der Waals surface area contributed by atoms with Gasteiger partial charge in [-0.15, -0.1) is 6.58 Å². The van der Waals surface area contributed by atoms with Gasteiger partial charge in [-0.3, -0.25) is 9.59 Å². The molecule has 1 heterocycles. The van der Waals surface area contributed by atoms with E-state index in [2.05, 4.69) is 11.1 Å². The van der Waals surface area contributed by atoms with E-state index in [-0.39, 0.29) is 11.6 Å². The molecule has 0 bridgehead atoms. The molecule has 4 aromatic carbocycles. The molecule has 0 amide bonds. The van der Waals surface area contributed by atoms with Gasteiger partial charge < -0.3 is 4.57 Å². The smallest absolute Gasteiger partial charge is 0.193 e. The van der Waals surface area contributed by atoms with E-state index in [0.29, 0.717) is 38.8 Å². The molecule has 0 saturated carbocycles. The average Bonchev–Trinajstić information content (AvgIpc) is 3.16. The van der Waals surface area contributed by atoms with Crippen LogP contribution in [0.2, 0.25) is 10.0 Å². The van der Waals surface area contributed by atoms with E-state index in [9.17, 15) is 9.59 Å². The van der Waals surface area contributed by atoms with Crippen LogP contribution in [0, 0.1) is 0 Å². The molecular weight excluding hydrogens is 465 g/mol. The molecule has 5 heteroatoms. The van der Waals surface area contributed by atoms with Crippen LogP contribution in [0.15, 0.2) is 97.6 Å². The predicted molar refractivity (Wildman–Crippen MR) is 139 cm³/mol. The monoisotopic (exact) mass is 483 g/mol. The molecule has 0 atom stereocenters. The van der Waals surface area contributed by atoms with Crippen LogP contribution in [-0.2, 0) is 6.54 Å². The highest BCUT2D eigenvalue weighted by atomic mass is 35.5. The van der Waals surface area contributed by atoms with Gasteiger partial charge in [0.25, 0.3) is 0 Å². The molecule has 34 heavy (non-hydrogen) atoms. The van der Waals surface area contributed by atoms with Gasteiger partial charge in [0.2, 0.25) is 0 Å². The van der Waals surface area contributed by atoms with Crippen molar-refractivity contribution in [1.82, 2.24) is 4.57 Å². The summed E-state index contributed by atoms with van der Waals surface area (Å²) in [6.45, 7) is 4.49. The van der Waals surface area contributed by atoms with Crippen LogP contribution in [0.3, 0.4) is 0 Å². The summed E-state index contributed by atoms with van der Waals surface area (Å²) < 4.78 is 2.13. The lowest BCUT2D eigenvalue weighted by Crippen LogP contribution is -2.01. The van der Waals surface area contributed by atoms with E-state index in [4.69, 9.17) is 23.2 Å². The van der Waals surface area contributed by atoms with Gasteiger partial charge in [-0.2, -0.15) is 0 Å². The van der Waals surface area contributed by atoms with Crippen LogP contribution < -0.4 is 0 Å². The van der Waals surface area contributed by atoms with Crippen molar-refractivity contribution < 1.29 is 9.59 Å². The predicted octanol–water partition coefficient (Wildman–Crippen LogP) is 7.75. The van der Waals surface area contributed by atoms with Crippen molar-refractivity contribution in [2.75, 3.05) is 0 Å². The molecule has 3 nitrogen and oxygen atoms in total. The molecule has 0 aliphatic heterocycles.